The van der Waals surface area contributed by atoms with Gasteiger partial charge in [0.05, 0.1) is 12.1 Å². The van der Waals surface area contributed by atoms with E-state index in [0.29, 0.717) is 6.04 Å². The molecule has 1 atom stereocenters. The summed E-state index contributed by atoms with van der Waals surface area (Å²) in [6, 6.07) is 10.4. The maximum atomic E-state index is 5.89. The van der Waals surface area contributed by atoms with E-state index in [0.717, 1.165) is 17.3 Å². The molecule has 0 aliphatic carbocycles. The lowest BCUT2D eigenvalue weighted by atomic mass is 10.1. The molecule has 1 heterocycles. The average molecular weight is 282 g/mol. The van der Waals surface area contributed by atoms with Crippen molar-refractivity contribution in [3.63, 3.8) is 0 Å². The monoisotopic (exact) mass is 281 g/mol. The van der Waals surface area contributed by atoms with Crippen LogP contribution in [0.3, 0.4) is 0 Å². The third-order valence-electron chi connectivity index (χ3n) is 2.82. The Morgan fingerprint density at radius 2 is 2.06 bits per heavy atom. The molecule has 0 saturated heterocycles. The Kier molecular flexibility index (Phi) is 4.64. The number of halogens is 1. The van der Waals surface area contributed by atoms with Gasteiger partial charge >= 0.3 is 0 Å². The van der Waals surface area contributed by atoms with Gasteiger partial charge in [-0.2, -0.15) is 0 Å². The minimum atomic E-state index is 0.303. The Morgan fingerprint density at radius 3 is 2.61 bits per heavy atom. The fraction of sp³-hybridized carbons (Fsp3) is 0.286. The van der Waals surface area contributed by atoms with Gasteiger partial charge in [-0.05, 0) is 30.7 Å². The van der Waals surface area contributed by atoms with Gasteiger partial charge in [-0.15, -0.1) is 11.3 Å². The van der Waals surface area contributed by atoms with Crippen LogP contribution >= 0.6 is 22.9 Å². The summed E-state index contributed by atoms with van der Waals surface area (Å²) in [7, 11) is 1.68. The Hall–Kier alpha value is -1.03. The number of benzene rings is 1. The Morgan fingerprint density at radius 1 is 1.33 bits per heavy atom. The van der Waals surface area contributed by atoms with Crippen molar-refractivity contribution in [2.75, 3.05) is 7.11 Å². The lowest BCUT2D eigenvalue weighted by Gasteiger charge is -2.14. The van der Waals surface area contributed by atoms with Crippen LogP contribution in [0.1, 0.15) is 23.4 Å². The summed E-state index contributed by atoms with van der Waals surface area (Å²) in [6.07, 6.45) is 0. The highest BCUT2D eigenvalue weighted by Gasteiger charge is 2.06. The van der Waals surface area contributed by atoms with Gasteiger partial charge in [0, 0.05) is 22.8 Å². The summed E-state index contributed by atoms with van der Waals surface area (Å²) >= 11 is 7.57. The summed E-state index contributed by atoms with van der Waals surface area (Å²) in [5.74, 6) is 0.885. The quantitative estimate of drug-likeness (QED) is 0.884. The molecule has 2 aromatic rings. The molecule has 1 aromatic heterocycles. The molecule has 4 heteroatoms. The summed E-state index contributed by atoms with van der Waals surface area (Å²) in [6.45, 7) is 2.99. The molecule has 18 heavy (non-hydrogen) atoms. The summed E-state index contributed by atoms with van der Waals surface area (Å²) < 4.78 is 5.15. The van der Waals surface area contributed by atoms with Crippen molar-refractivity contribution in [3.05, 3.63) is 51.2 Å². The number of methoxy groups -OCH3 is 1. The standard InChI is InChI=1S/C14H16ClNOS/c1-10(11-3-5-13(17-2)6-4-11)16-8-14-7-12(15)9-18-14/h3-7,9-10,16H,8H2,1-2H3/t10-/m1/s1. The maximum Gasteiger partial charge on any atom is 0.118 e. The number of ether oxygens (including phenoxy) is 1. The Balaban J connectivity index is 1.92. The number of nitrogens with one attached hydrogen (secondary N) is 1. The molecular formula is C14H16ClNOS. The fourth-order valence-electron chi connectivity index (χ4n) is 1.71. The molecule has 0 unspecified atom stereocenters. The predicted molar refractivity (Wildman–Crippen MR) is 77.6 cm³/mol. The second kappa shape index (κ2) is 6.23. The van der Waals surface area contributed by atoms with E-state index >= 15 is 0 Å². The largest absolute Gasteiger partial charge is 0.497 e. The second-order valence-electron chi connectivity index (χ2n) is 4.11. The predicted octanol–water partition coefficient (Wildman–Crippen LogP) is 4.26. The van der Waals surface area contributed by atoms with Crippen LogP contribution in [0.4, 0.5) is 0 Å². The van der Waals surface area contributed by atoms with Crippen LogP contribution in [0.2, 0.25) is 5.02 Å². The summed E-state index contributed by atoms with van der Waals surface area (Å²) in [5.41, 5.74) is 1.25. The van der Waals surface area contributed by atoms with E-state index in [1.807, 2.05) is 23.6 Å². The van der Waals surface area contributed by atoms with Gasteiger partial charge < -0.3 is 10.1 Å². The van der Waals surface area contributed by atoms with Crippen molar-refractivity contribution in [1.29, 1.82) is 0 Å². The molecule has 0 amide bonds. The molecule has 0 bridgehead atoms. The van der Waals surface area contributed by atoms with E-state index in [4.69, 9.17) is 16.3 Å². The first-order chi connectivity index (χ1) is 8.69. The zero-order valence-corrected chi connectivity index (χ0v) is 12.0. The number of hydrogen-bond acceptors (Lipinski definition) is 3. The topological polar surface area (TPSA) is 21.3 Å². The lowest BCUT2D eigenvalue weighted by molar-refractivity contribution is 0.414. The lowest BCUT2D eigenvalue weighted by Crippen LogP contribution is -2.17. The molecule has 0 aliphatic heterocycles. The van der Waals surface area contributed by atoms with Crippen LogP contribution < -0.4 is 10.1 Å². The van der Waals surface area contributed by atoms with Crippen LogP contribution in [0.25, 0.3) is 0 Å². The van der Waals surface area contributed by atoms with E-state index in [1.54, 1.807) is 18.4 Å². The molecule has 2 rings (SSSR count). The van der Waals surface area contributed by atoms with Crippen LogP contribution in [0.5, 0.6) is 5.75 Å². The summed E-state index contributed by atoms with van der Waals surface area (Å²) in [4.78, 5) is 1.25. The highest BCUT2D eigenvalue weighted by Crippen LogP contribution is 2.21. The smallest absolute Gasteiger partial charge is 0.118 e. The van der Waals surface area contributed by atoms with Crippen molar-refractivity contribution in [2.24, 2.45) is 0 Å². The van der Waals surface area contributed by atoms with Crippen LogP contribution in [0.15, 0.2) is 35.7 Å². The average Bonchev–Trinajstić information content (AvgIpc) is 2.82. The van der Waals surface area contributed by atoms with Gasteiger partial charge in [0.2, 0.25) is 0 Å². The normalized spacial score (nSPS) is 12.4. The minimum Gasteiger partial charge on any atom is -0.497 e. The van der Waals surface area contributed by atoms with E-state index < -0.39 is 0 Å². The van der Waals surface area contributed by atoms with E-state index in [-0.39, 0.29) is 0 Å². The highest BCUT2D eigenvalue weighted by atomic mass is 35.5. The van der Waals surface area contributed by atoms with Gasteiger partial charge in [0.15, 0.2) is 0 Å². The molecule has 1 N–H and O–H groups in total. The SMILES string of the molecule is COc1ccc([C@@H](C)NCc2cc(Cl)cs2)cc1. The van der Waals surface area contributed by atoms with Gasteiger partial charge in [0.1, 0.15) is 5.75 Å². The third kappa shape index (κ3) is 3.48. The first-order valence-corrected chi connectivity index (χ1v) is 7.05. The van der Waals surface area contributed by atoms with Crippen molar-refractivity contribution in [1.82, 2.24) is 5.32 Å². The molecule has 0 spiro atoms. The van der Waals surface area contributed by atoms with E-state index in [9.17, 15) is 0 Å². The molecule has 0 radical (unpaired) electrons. The number of rotatable bonds is 5. The first kappa shape index (κ1) is 13.4. The number of hydrogen-bond donors (Lipinski definition) is 1. The fourth-order valence-corrected chi connectivity index (χ4v) is 2.73. The molecule has 0 aliphatic rings. The van der Waals surface area contributed by atoms with Gasteiger partial charge in [-0.25, -0.2) is 0 Å². The zero-order valence-electron chi connectivity index (χ0n) is 10.4. The Bertz CT molecular complexity index is 495. The van der Waals surface area contributed by atoms with Crippen LogP contribution in [-0.4, -0.2) is 7.11 Å². The highest BCUT2D eigenvalue weighted by molar-refractivity contribution is 7.10. The first-order valence-electron chi connectivity index (χ1n) is 5.79. The minimum absolute atomic E-state index is 0.303. The molecule has 2 nitrogen and oxygen atoms in total. The van der Waals surface area contributed by atoms with Gasteiger partial charge in [0.25, 0.3) is 0 Å². The van der Waals surface area contributed by atoms with Crippen molar-refractivity contribution in [3.8, 4) is 5.75 Å². The molecule has 96 valence electrons. The second-order valence-corrected chi connectivity index (χ2v) is 5.54. The van der Waals surface area contributed by atoms with Crippen molar-refractivity contribution < 1.29 is 4.74 Å². The summed E-state index contributed by atoms with van der Waals surface area (Å²) in [5, 5.41) is 6.25. The molecule has 1 aromatic carbocycles. The van der Waals surface area contributed by atoms with E-state index in [1.165, 1.54) is 10.4 Å². The molecule has 0 saturated carbocycles. The Labute approximate surface area is 117 Å². The van der Waals surface area contributed by atoms with Crippen molar-refractivity contribution in [2.45, 2.75) is 19.5 Å². The molecular weight excluding hydrogens is 266 g/mol. The van der Waals surface area contributed by atoms with Gasteiger partial charge in [-0.3, -0.25) is 0 Å². The van der Waals surface area contributed by atoms with Crippen molar-refractivity contribution >= 4 is 22.9 Å². The van der Waals surface area contributed by atoms with E-state index in [2.05, 4.69) is 24.4 Å². The molecule has 0 fully saturated rings. The van der Waals surface area contributed by atoms with Crippen LogP contribution in [-0.2, 0) is 6.54 Å². The number of thiophene rings is 1. The zero-order chi connectivity index (χ0) is 13.0. The van der Waals surface area contributed by atoms with Gasteiger partial charge in [-0.1, -0.05) is 23.7 Å². The maximum absolute atomic E-state index is 5.89. The third-order valence-corrected chi connectivity index (χ3v) is 4.10. The van der Waals surface area contributed by atoms with Crippen LogP contribution in [0, 0.1) is 0 Å².